The van der Waals surface area contributed by atoms with E-state index in [1.54, 1.807) is 14.2 Å². The Kier molecular flexibility index (Phi) is 5.25. The average molecular weight is 300 g/mol. The third-order valence-electron chi connectivity index (χ3n) is 3.13. The molecule has 0 fully saturated rings. The molecule has 0 aliphatic heterocycles. The van der Waals surface area contributed by atoms with Gasteiger partial charge in [-0.25, -0.2) is 0 Å². The van der Waals surface area contributed by atoms with E-state index in [9.17, 15) is 4.79 Å². The Balaban J connectivity index is 2.05. The van der Waals surface area contributed by atoms with Crippen LogP contribution in [-0.4, -0.2) is 20.1 Å². The smallest absolute Gasteiger partial charge is 0.221 e. The highest BCUT2D eigenvalue weighted by Crippen LogP contribution is 2.28. The van der Waals surface area contributed by atoms with Gasteiger partial charge in [0.1, 0.15) is 0 Å². The zero-order chi connectivity index (χ0) is 15.9. The van der Waals surface area contributed by atoms with Crippen molar-refractivity contribution >= 4 is 17.3 Å². The molecule has 22 heavy (non-hydrogen) atoms. The van der Waals surface area contributed by atoms with Crippen LogP contribution in [0.2, 0.25) is 0 Å². The topological polar surface area (TPSA) is 59.6 Å². The van der Waals surface area contributed by atoms with Crippen molar-refractivity contribution in [3.05, 3.63) is 48.0 Å². The first-order valence-corrected chi connectivity index (χ1v) is 6.95. The summed E-state index contributed by atoms with van der Waals surface area (Å²) in [5.41, 5.74) is 2.77. The molecule has 0 heterocycles. The van der Waals surface area contributed by atoms with Gasteiger partial charge in [0.15, 0.2) is 11.5 Å². The highest BCUT2D eigenvalue weighted by atomic mass is 16.5. The molecule has 0 atom stereocenters. The van der Waals surface area contributed by atoms with Crippen LogP contribution in [0, 0.1) is 0 Å². The number of methoxy groups -OCH3 is 2. The summed E-state index contributed by atoms with van der Waals surface area (Å²) in [4.78, 5) is 11.1. The summed E-state index contributed by atoms with van der Waals surface area (Å²) in [5, 5.41) is 6.08. The highest BCUT2D eigenvalue weighted by Gasteiger charge is 2.04. The molecule has 0 saturated carbocycles. The molecule has 2 N–H and O–H groups in total. The van der Waals surface area contributed by atoms with Crippen molar-refractivity contribution in [2.45, 2.75) is 13.5 Å². The number of ether oxygens (including phenoxy) is 2. The highest BCUT2D eigenvalue weighted by molar-refractivity contribution is 5.89. The number of rotatable bonds is 6. The quantitative estimate of drug-likeness (QED) is 0.859. The van der Waals surface area contributed by atoms with E-state index in [1.807, 2.05) is 42.5 Å². The second kappa shape index (κ2) is 7.36. The van der Waals surface area contributed by atoms with Gasteiger partial charge in [0.2, 0.25) is 5.91 Å². The normalized spacial score (nSPS) is 9.95. The lowest BCUT2D eigenvalue weighted by atomic mass is 10.2. The Bertz CT molecular complexity index is 656. The molecule has 5 heteroatoms. The van der Waals surface area contributed by atoms with Crippen LogP contribution < -0.4 is 20.1 Å². The number of benzene rings is 2. The SMILES string of the molecule is COc1ccc(CNc2cccc(NC(C)=O)c2)cc1OC. The first-order valence-electron chi connectivity index (χ1n) is 6.95. The molecule has 0 spiro atoms. The summed E-state index contributed by atoms with van der Waals surface area (Å²) in [5.74, 6) is 1.32. The molecule has 5 nitrogen and oxygen atoms in total. The second-order valence-electron chi connectivity index (χ2n) is 4.80. The van der Waals surface area contributed by atoms with E-state index in [2.05, 4.69) is 10.6 Å². The van der Waals surface area contributed by atoms with Gasteiger partial charge in [-0.15, -0.1) is 0 Å². The number of hydrogen-bond acceptors (Lipinski definition) is 4. The van der Waals surface area contributed by atoms with Gasteiger partial charge in [-0.05, 0) is 35.9 Å². The van der Waals surface area contributed by atoms with Crippen LogP contribution in [0.25, 0.3) is 0 Å². The molecular weight excluding hydrogens is 280 g/mol. The minimum atomic E-state index is -0.0861. The fourth-order valence-electron chi connectivity index (χ4n) is 2.10. The maximum atomic E-state index is 11.1. The third-order valence-corrected chi connectivity index (χ3v) is 3.13. The van der Waals surface area contributed by atoms with Crippen LogP contribution in [0.3, 0.4) is 0 Å². The van der Waals surface area contributed by atoms with E-state index in [1.165, 1.54) is 6.92 Å². The van der Waals surface area contributed by atoms with Crippen LogP contribution in [0.5, 0.6) is 11.5 Å². The van der Waals surface area contributed by atoms with Gasteiger partial charge < -0.3 is 20.1 Å². The van der Waals surface area contributed by atoms with E-state index in [0.29, 0.717) is 18.0 Å². The van der Waals surface area contributed by atoms with Crippen LogP contribution in [0.1, 0.15) is 12.5 Å². The Morgan fingerprint density at radius 3 is 2.41 bits per heavy atom. The van der Waals surface area contributed by atoms with Gasteiger partial charge in [-0.2, -0.15) is 0 Å². The van der Waals surface area contributed by atoms with Crippen molar-refractivity contribution in [1.82, 2.24) is 0 Å². The second-order valence-corrected chi connectivity index (χ2v) is 4.80. The van der Waals surface area contributed by atoms with Gasteiger partial charge in [-0.3, -0.25) is 4.79 Å². The molecule has 116 valence electrons. The molecule has 0 aromatic heterocycles. The predicted molar refractivity (Wildman–Crippen MR) is 87.6 cm³/mol. The lowest BCUT2D eigenvalue weighted by Gasteiger charge is -2.11. The molecule has 2 aromatic carbocycles. The summed E-state index contributed by atoms with van der Waals surface area (Å²) < 4.78 is 10.5. The molecule has 2 rings (SSSR count). The van der Waals surface area contributed by atoms with Gasteiger partial charge >= 0.3 is 0 Å². The molecule has 2 aromatic rings. The number of anilines is 2. The number of carbonyl (C=O) groups excluding carboxylic acids is 1. The van der Waals surface area contributed by atoms with Gasteiger partial charge in [0, 0.05) is 24.8 Å². The minimum Gasteiger partial charge on any atom is -0.493 e. The maximum absolute atomic E-state index is 11.1. The zero-order valence-corrected chi connectivity index (χ0v) is 13.0. The fourth-order valence-corrected chi connectivity index (χ4v) is 2.10. The summed E-state index contributed by atoms with van der Waals surface area (Å²) in [6.07, 6.45) is 0. The van der Waals surface area contributed by atoms with Crippen LogP contribution in [0.4, 0.5) is 11.4 Å². The molecule has 0 saturated heterocycles. The summed E-state index contributed by atoms with van der Waals surface area (Å²) in [7, 11) is 3.23. The van der Waals surface area contributed by atoms with Crippen molar-refractivity contribution in [3.8, 4) is 11.5 Å². The molecule has 0 aliphatic carbocycles. The van der Waals surface area contributed by atoms with E-state index in [0.717, 1.165) is 16.9 Å². The van der Waals surface area contributed by atoms with Gasteiger partial charge in [-0.1, -0.05) is 12.1 Å². The monoisotopic (exact) mass is 300 g/mol. The molecule has 1 amide bonds. The van der Waals surface area contributed by atoms with Crippen LogP contribution in [0.15, 0.2) is 42.5 Å². The summed E-state index contributed by atoms with van der Waals surface area (Å²) >= 11 is 0. The molecule has 0 aliphatic rings. The minimum absolute atomic E-state index is 0.0861. The Labute approximate surface area is 130 Å². The molecule has 0 unspecified atom stereocenters. The molecule has 0 bridgehead atoms. The van der Waals surface area contributed by atoms with Gasteiger partial charge in [0.25, 0.3) is 0 Å². The van der Waals surface area contributed by atoms with E-state index in [4.69, 9.17) is 9.47 Å². The first kappa shape index (κ1) is 15.7. The number of carbonyl (C=O) groups is 1. The van der Waals surface area contributed by atoms with E-state index >= 15 is 0 Å². The van der Waals surface area contributed by atoms with E-state index in [-0.39, 0.29) is 5.91 Å². The summed E-state index contributed by atoms with van der Waals surface area (Å²) in [6, 6.07) is 13.4. The number of nitrogens with one attached hydrogen (secondary N) is 2. The average Bonchev–Trinajstić information content (AvgIpc) is 2.52. The standard InChI is InChI=1S/C17H20N2O3/c1-12(20)19-15-6-4-5-14(10-15)18-11-13-7-8-16(21-2)17(9-13)22-3/h4-10,18H,11H2,1-3H3,(H,19,20). The van der Waals surface area contributed by atoms with E-state index < -0.39 is 0 Å². The number of amides is 1. The lowest BCUT2D eigenvalue weighted by Crippen LogP contribution is -2.06. The van der Waals surface area contributed by atoms with Gasteiger partial charge in [0.05, 0.1) is 14.2 Å². The first-order chi connectivity index (χ1) is 10.6. The number of hydrogen-bond donors (Lipinski definition) is 2. The third kappa shape index (κ3) is 4.15. The van der Waals surface area contributed by atoms with Crippen molar-refractivity contribution in [3.63, 3.8) is 0 Å². The Hall–Kier alpha value is -2.69. The van der Waals surface area contributed by atoms with Crippen molar-refractivity contribution < 1.29 is 14.3 Å². The van der Waals surface area contributed by atoms with Crippen molar-refractivity contribution in [1.29, 1.82) is 0 Å². The lowest BCUT2D eigenvalue weighted by molar-refractivity contribution is -0.114. The molecule has 0 radical (unpaired) electrons. The molecular formula is C17H20N2O3. The zero-order valence-electron chi connectivity index (χ0n) is 13.0. The predicted octanol–water partition coefficient (Wildman–Crippen LogP) is 3.27. The Morgan fingerprint density at radius 2 is 1.73 bits per heavy atom. The van der Waals surface area contributed by atoms with Crippen LogP contribution >= 0.6 is 0 Å². The maximum Gasteiger partial charge on any atom is 0.221 e. The largest absolute Gasteiger partial charge is 0.493 e. The summed E-state index contributed by atoms with van der Waals surface area (Å²) in [6.45, 7) is 2.13. The van der Waals surface area contributed by atoms with Crippen molar-refractivity contribution in [2.24, 2.45) is 0 Å². The fraction of sp³-hybridized carbons (Fsp3) is 0.235. The van der Waals surface area contributed by atoms with Crippen LogP contribution in [-0.2, 0) is 11.3 Å². The van der Waals surface area contributed by atoms with Crippen molar-refractivity contribution in [2.75, 3.05) is 24.9 Å². The Morgan fingerprint density at radius 1 is 1.00 bits per heavy atom.